The predicted octanol–water partition coefficient (Wildman–Crippen LogP) is 2.58. The molecule has 2 unspecified atom stereocenters. The second-order valence-electron chi connectivity index (χ2n) is 4.73. The van der Waals surface area contributed by atoms with Crippen LogP contribution in [0.1, 0.15) is 29.9 Å². The van der Waals surface area contributed by atoms with Crippen molar-refractivity contribution in [3.8, 4) is 0 Å². The third-order valence-electron chi connectivity index (χ3n) is 3.00. The third-order valence-corrected chi connectivity index (χ3v) is 3.00. The number of halogens is 1. The zero-order valence-corrected chi connectivity index (χ0v) is 10.9. The lowest BCUT2D eigenvalue weighted by molar-refractivity contribution is 0.441. The molecule has 0 aliphatic carbocycles. The first-order valence-electron chi connectivity index (χ1n) is 6.03. The number of aromatic nitrogens is 2. The van der Waals surface area contributed by atoms with Crippen molar-refractivity contribution in [3.05, 3.63) is 53.1 Å². The van der Waals surface area contributed by atoms with Crippen LogP contribution in [0.15, 0.2) is 30.3 Å². The van der Waals surface area contributed by atoms with Crippen molar-refractivity contribution in [1.29, 1.82) is 0 Å². The molecule has 0 amide bonds. The maximum absolute atomic E-state index is 13.3. The van der Waals surface area contributed by atoms with Gasteiger partial charge in [-0.2, -0.15) is 5.10 Å². The van der Waals surface area contributed by atoms with E-state index in [1.807, 2.05) is 37.6 Å². The van der Waals surface area contributed by atoms with Gasteiger partial charge in [0.25, 0.3) is 0 Å². The average molecular weight is 247 g/mol. The molecule has 1 aromatic heterocycles. The minimum Gasteiger partial charge on any atom is -0.326 e. The summed E-state index contributed by atoms with van der Waals surface area (Å²) in [5, 5.41) is 4.45. The molecule has 0 radical (unpaired) electrons. The Bertz CT molecular complexity index is 546. The van der Waals surface area contributed by atoms with Gasteiger partial charge in [0, 0.05) is 11.7 Å². The summed E-state index contributed by atoms with van der Waals surface area (Å²) in [6, 6.07) is 8.24. The van der Waals surface area contributed by atoms with E-state index in [0.717, 1.165) is 17.0 Å². The smallest absolute Gasteiger partial charge is 0.123 e. The lowest BCUT2D eigenvalue weighted by Crippen LogP contribution is -2.31. The molecule has 1 heterocycles. The zero-order chi connectivity index (χ0) is 13.3. The van der Waals surface area contributed by atoms with Gasteiger partial charge in [0.05, 0.1) is 11.7 Å². The molecule has 0 bridgehead atoms. The van der Waals surface area contributed by atoms with Gasteiger partial charge < -0.3 is 5.73 Å². The van der Waals surface area contributed by atoms with Crippen molar-refractivity contribution in [3.63, 3.8) is 0 Å². The Balaban J connectivity index is 2.50. The molecule has 0 aliphatic heterocycles. The molecule has 0 saturated heterocycles. The van der Waals surface area contributed by atoms with Gasteiger partial charge in [0.2, 0.25) is 0 Å². The summed E-state index contributed by atoms with van der Waals surface area (Å²) in [6.45, 7) is 5.83. The van der Waals surface area contributed by atoms with Crippen LogP contribution in [0.4, 0.5) is 4.39 Å². The highest BCUT2D eigenvalue weighted by molar-refractivity contribution is 5.24. The van der Waals surface area contributed by atoms with E-state index in [0.29, 0.717) is 0 Å². The number of benzene rings is 1. The van der Waals surface area contributed by atoms with Crippen LogP contribution in [-0.2, 0) is 0 Å². The molecule has 2 rings (SSSR count). The van der Waals surface area contributed by atoms with Gasteiger partial charge in [-0.3, -0.25) is 4.68 Å². The van der Waals surface area contributed by atoms with E-state index in [2.05, 4.69) is 5.10 Å². The quantitative estimate of drug-likeness (QED) is 0.906. The molecule has 3 nitrogen and oxygen atoms in total. The maximum atomic E-state index is 13.3. The average Bonchev–Trinajstić information content (AvgIpc) is 2.58. The Labute approximate surface area is 106 Å². The number of nitrogens with two attached hydrogens (primary N) is 1. The summed E-state index contributed by atoms with van der Waals surface area (Å²) < 4.78 is 15.2. The number of nitrogens with zero attached hydrogens (tertiary/aromatic N) is 2. The number of rotatable bonds is 3. The Hall–Kier alpha value is -1.68. The largest absolute Gasteiger partial charge is 0.326 e. The molecule has 96 valence electrons. The Kier molecular flexibility index (Phi) is 3.48. The van der Waals surface area contributed by atoms with E-state index in [4.69, 9.17) is 5.73 Å². The lowest BCUT2D eigenvalue weighted by atomic mass is 10.0. The molecular weight excluding hydrogens is 229 g/mol. The molecule has 0 aliphatic rings. The van der Waals surface area contributed by atoms with E-state index in [1.54, 1.807) is 6.07 Å². The maximum Gasteiger partial charge on any atom is 0.123 e. The van der Waals surface area contributed by atoms with Gasteiger partial charge in [-0.25, -0.2) is 4.39 Å². The monoisotopic (exact) mass is 247 g/mol. The minimum atomic E-state index is -0.250. The van der Waals surface area contributed by atoms with Crippen LogP contribution in [0, 0.1) is 19.7 Å². The molecule has 2 atom stereocenters. The molecule has 0 saturated carbocycles. The van der Waals surface area contributed by atoms with Crippen LogP contribution in [0.3, 0.4) is 0 Å². The minimum absolute atomic E-state index is 0.144. The molecule has 2 aromatic rings. The standard InChI is InChI=1S/C14H18FN3/c1-9-7-10(2)18(17-9)14(11(3)16)12-5-4-6-13(15)8-12/h4-8,11,14H,16H2,1-3H3. The normalized spacial score (nSPS) is 14.5. The SMILES string of the molecule is Cc1cc(C)n(C(c2cccc(F)c2)C(C)N)n1. The van der Waals surface area contributed by atoms with Gasteiger partial charge in [-0.15, -0.1) is 0 Å². The molecule has 4 heteroatoms. The summed E-state index contributed by atoms with van der Waals surface area (Å²) in [6.07, 6.45) is 0. The fraction of sp³-hybridized carbons (Fsp3) is 0.357. The molecular formula is C14H18FN3. The Morgan fingerprint density at radius 3 is 2.50 bits per heavy atom. The summed E-state index contributed by atoms with van der Waals surface area (Å²) in [7, 11) is 0. The van der Waals surface area contributed by atoms with E-state index in [-0.39, 0.29) is 17.9 Å². The van der Waals surface area contributed by atoms with E-state index < -0.39 is 0 Å². The predicted molar refractivity (Wildman–Crippen MR) is 69.9 cm³/mol. The van der Waals surface area contributed by atoms with E-state index >= 15 is 0 Å². The number of aryl methyl sites for hydroxylation is 2. The third kappa shape index (κ3) is 2.43. The van der Waals surface area contributed by atoms with Gasteiger partial charge >= 0.3 is 0 Å². The summed E-state index contributed by atoms with van der Waals surface area (Å²) in [5.74, 6) is -0.250. The van der Waals surface area contributed by atoms with Crippen molar-refractivity contribution in [2.24, 2.45) is 5.73 Å². The molecule has 0 fully saturated rings. The molecule has 2 N–H and O–H groups in total. The van der Waals surface area contributed by atoms with E-state index in [9.17, 15) is 4.39 Å². The first-order valence-corrected chi connectivity index (χ1v) is 6.03. The molecule has 1 aromatic carbocycles. The topological polar surface area (TPSA) is 43.8 Å². The van der Waals surface area contributed by atoms with Crippen LogP contribution in [-0.4, -0.2) is 15.8 Å². The van der Waals surface area contributed by atoms with Crippen molar-refractivity contribution in [1.82, 2.24) is 9.78 Å². The fourth-order valence-electron chi connectivity index (χ4n) is 2.29. The Morgan fingerprint density at radius 2 is 2.00 bits per heavy atom. The lowest BCUT2D eigenvalue weighted by Gasteiger charge is -2.23. The first-order chi connectivity index (χ1) is 8.49. The Morgan fingerprint density at radius 1 is 1.28 bits per heavy atom. The van der Waals surface area contributed by atoms with Crippen molar-refractivity contribution >= 4 is 0 Å². The zero-order valence-electron chi connectivity index (χ0n) is 10.9. The van der Waals surface area contributed by atoms with Gasteiger partial charge in [-0.05, 0) is 44.5 Å². The molecule has 0 spiro atoms. The van der Waals surface area contributed by atoms with Crippen LogP contribution in [0.25, 0.3) is 0 Å². The van der Waals surface area contributed by atoms with Crippen molar-refractivity contribution in [2.75, 3.05) is 0 Å². The number of hydrogen-bond acceptors (Lipinski definition) is 2. The van der Waals surface area contributed by atoms with Crippen LogP contribution < -0.4 is 5.73 Å². The van der Waals surface area contributed by atoms with Gasteiger partial charge in [0.15, 0.2) is 0 Å². The van der Waals surface area contributed by atoms with Crippen molar-refractivity contribution in [2.45, 2.75) is 32.9 Å². The van der Waals surface area contributed by atoms with E-state index in [1.165, 1.54) is 12.1 Å². The van der Waals surface area contributed by atoms with Gasteiger partial charge in [-0.1, -0.05) is 12.1 Å². The summed E-state index contributed by atoms with van der Waals surface area (Å²) in [5.41, 5.74) is 8.86. The number of hydrogen-bond donors (Lipinski definition) is 1. The summed E-state index contributed by atoms with van der Waals surface area (Å²) >= 11 is 0. The second kappa shape index (κ2) is 4.90. The van der Waals surface area contributed by atoms with Crippen LogP contribution >= 0.6 is 0 Å². The molecule has 18 heavy (non-hydrogen) atoms. The summed E-state index contributed by atoms with van der Waals surface area (Å²) in [4.78, 5) is 0. The van der Waals surface area contributed by atoms with Crippen LogP contribution in [0.5, 0.6) is 0 Å². The first kappa shape index (κ1) is 12.8. The van der Waals surface area contributed by atoms with Gasteiger partial charge in [0.1, 0.15) is 5.82 Å². The second-order valence-corrected chi connectivity index (χ2v) is 4.73. The highest BCUT2D eigenvalue weighted by atomic mass is 19.1. The van der Waals surface area contributed by atoms with Crippen molar-refractivity contribution < 1.29 is 4.39 Å². The van der Waals surface area contributed by atoms with Crippen LogP contribution in [0.2, 0.25) is 0 Å². The fourth-order valence-corrected chi connectivity index (χ4v) is 2.29. The highest BCUT2D eigenvalue weighted by Crippen LogP contribution is 2.23. The highest BCUT2D eigenvalue weighted by Gasteiger charge is 2.21.